The predicted molar refractivity (Wildman–Crippen MR) is 174 cm³/mol. The Hall–Kier alpha value is -2.68. The van der Waals surface area contributed by atoms with Crippen LogP contribution in [0.3, 0.4) is 0 Å². The number of hydrogen-bond donors (Lipinski definition) is 0. The van der Waals surface area contributed by atoms with Crippen molar-refractivity contribution in [1.29, 1.82) is 5.26 Å². The Morgan fingerprint density at radius 1 is 1.16 bits per heavy atom. The monoisotopic (exact) mass is 622 g/mol. The smallest absolute Gasteiger partial charge is 0.258 e. The zero-order valence-corrected chi connectivity index (χ0v) is 29.1. The number of nitriles is 1. The maximum Gasteiger partial charge on any atom is 0.258 e. The van der Waals surface area contributed by atoms with Gasteiger partial charge in [-0.05, 0) is 94.9 Å². The summed E-state index contributed by atoms with van der Waals surface area (Å²) in [4.78, 5) is 4.72. The number of rotatable bonds is 10. The van der Waals surface area contributed by atoms with E-state index in [0.717, 1.165) is 29.5 Å². The van der Waals surface area contributed by atoms with Crippen LogP contribution in [0.4, 0.5) is 0 Å². The first-order valence-electron chi connectivity index (χ1n) is 15.0. The quantitative estimate of drug-likeness (QED) is 0.166. The molecule has 2 atom stereocenters. The number of benzene rings is 2. The topological polar surface area (TPSA) is 107 Å². The van der Waals surface area contributed by atoms with Gasteiger partial charge in [-0.1, -0.05) is 44.1 Å². The third-order valence-electron chi connectivity index (χ3n) is 8.28. The Morgan fingerprint density at radius 3 is 2.51 bits per heavy atom. The molecule has 43 heavy (non-hydrogen) atoms. The van der Waals surface area contributed by atoms with Crippen molar-refractivity contribution >= 4 is 19.7 Å². The lowest BCUT2D eigenvalue weighted by Gasteiger charge is -2.39. The van der Waals surface area contributed by atoms with Crippen LogP contribution < -0.4 is 4.74 Å². The standard InChI is InChI=1S/C33H46N4O4SSi/c1-22(2)40-29-17-14-23(20-24(29)21-34)31-35-30(36-41-31)27-13-11-12-26-25(27)15-16-28(26)37(42(38)32(3,4)5)18-19-39-43(9,10)33(6,7)8/h11-14,17,20,22,28H,15-16,18-19H2,1-10H3/t28-,42?/m0/s1. The normalized spacial score (nSPS) is 16.4. The van der Waals surface area contributed by atoms with Crippen molar-refractivity contribution in [3.8, 4) is 34.7 Å². The molecule has 0 saturated carbocycles. The molecule has 1 unspecified atom stereocenters. The summed E-state index contributed by atoms with van der Waals surface area (Å²) in [6, 6.07) is 13.7. The largest absolute Gasteiger partial charge is 0.597 e. The number of nitrogens with zero attached hydrogens (tertiary/aromatic N) is 4. The summed E-state index contributed by atoms with van der Waals surface area (Å²) in [6.45, 7) is 22.3. The van der Waals surface area contributed by atoms with Gasteiger partial charge < -0.3 is 18.2 Å². The molecule has 0 bridgehead atoms. The summed E-state index contributed by atoms with van der Waals surface area (Å²) in [7, 11) is -1.94. The summed E-state index contributed by atoms with van der Waals surface area (Å²) in [5.74, 6) is 1.37. The SMILES string of the molecule is CC(C)Oc1ccc(-c2nc(-c3cccc4c3CC[C@@H]4N(CCO[Si](C)(C)C(C)(C)C)[S+]([O-])C(C)(C)C)no2)cc1C#N. The molecule has 0 saturated heterocycles. The van der Waals surface area contributed by atoms with Gasteiger partial charge >= 0.3 is 0 Å². The Morgan fingerprint density at radius 2 is 1.88 bits per heavy atom. The van der Waals surface area contributed by atoms with E-state index < -0.39 is 24.4 Å². The average Bonchev–Trinajstić information content (AvgIpc) is 3.57. The zero-order valence-electron chi connectivity index (χ0n) is 27.3. The van der Waals surface area contributed by atoms with Crippen molar-refractivity contribution in [3.63, 3.8) is 0 Å². The van der Waals surface area contributed by atoms with Gasteiger partial charge in [0, 0.05) is 22.5 Å². The molecule has 0 aliphatic heterocycles. The fourth-order valence-electron chi connectivity index (χ4n) is 5.01. The second-order valence-corrected chi connectivity index (χ2v) is 21.0. The molecule has 1 aromatic heterocycles. The van der Waals surface area contributed by atoms with Crippen LogP contribution in [0.15, 0.2) is 40.9 Å². The first-order valence-corrected chi connectivity index (χ1v) is 19.0. The predicted octanol–water partition coefficient (Wildman–Crippen LogP) is 7.84. The van der Waals surface area contributed by atoms with Crippen LogP contribution in [0.2, 0.25) is 18.1 Å². The number of aromatic nitrogens is 2. The van der Waals surface area contributed by atoms with Gasteiger partial charge in [-0.3, -0.25) is 0 Å². The van der Waals surface area contributed by atoms with Gasteiger partial charge in [0.25, 0.3) is 5.89 Å². The minimum absolute atomic E-state index is 0.00363. The average molecular weight is 623 g/mol. The highest BCUT2D eigenvalue weighted by atomic mass is 32.2. The Labute approximate surface area is 261 Å². The molecule has 1 aliphatic carbocycles. The molecule has 2 aromatic carbocycles. The highest BCUT2D eigenvalue weighted by Crippen LogP contribution is 2.43. The first kappa shape index (κ1) is 33.2. The van der Waals surface area contributed by atoms with Gasteiger partial charge in [0.1, 0.15) is 16.6 Å². The van der Waals surface area contributed by atoms with E-state index in [1.807, 2.05) is 52.8 Å². The highest BCUT2D eigenvalue weighted by Gasteiger charge is 2.43. The lowest BCUT2D eigenvalue weighted by atomic mass is 10.0. The minimum Gasteiger partial charge on any atom is -0.597 e. The van der Waals surface area contributed by atoms with E-state index in [2.05, 4.69) is 55.5 Å². The summed E-state index contributed by atoms with van der Waals surface area (Å²) >= 11 is -1.22. The van der Waals surface area contributed by atoms with Gasteiger partial charge in [0.05, 0.1) is 30.9 Å². The molecular formula is C33H46N4O4SSi. The molecule has 10 heteroatoms. The summed E-state index contributed by atoms with van der Waals surface area (Å²) in [5.41, 5.74) is 4.29. The van der Waals surface area contributed by atoms with E-state index >= 15 is 0 Å². The molecular weight excluding hydrogens is 577 g/mol. The molecule has 0 spiro atoms. The molecule has 0 N–H and O–H groups in total. The summed E-state index contributed by atoms with van der Waals surface area (Å²) < 4.78 is 33.6. The van der Waals surface area contributed by atoms with Crippen LogP contribution in [0, 0.1) is 11.3 Å². The molecule has 1 aliphatic rings. The maximum atomic E-state index is 13.9. The maximum absolute atomic E-state index is 13.9. The van der Waals surface area contributed by atoms with Crippen molar-refractivity contribution < 1.29 is 18.2 Å². The van der Waals surface area contributed by atoms with Gasteiger partial charge in [-0.2, -0.15) is 10.2 Å². The van der Waals surface area contributed by atoms with Crippen molar-refractivity contribution in [3.05, 3.63) is 53.1 Å². The summed E-state index contributed by atoms with van der Waals surface area (Å²) in [5, 5.41) is 14.1. The van der Waals surface area contributed by atoms with E-state index in [0.29, 0.717) is 41.7 Å². The molecule has 0 amide bonds. The minimum atomic E-state index is -1.94. The molecule has 8 nitrogen and oxygen atoms in total. The van der Waals surface area contributed by atoms with Crippen molar-refractivity contribution in [2.24, 2.45) is 0 Å². The number of ether oxygens (including phenoxy) is 1. The molecule has 3 aromatic rings. The van der Waals surface area contributed by atoms with E-state index in [4.69, 9.17) is 18.7 Å². The Balaban J connectivity index is 1.62. The van der Waals surface area contributed by atoms with Crippen LogP contribution in [0.25, 0.3) is 22.8 Å². The number of hydrogen-bond acceptors (Lipinski definition) is 8. The van der Waals surface area contributed by atoms with Crippen LogP contribution in [0.1, 0.15) is 84.5 Å². The second kappa shape index (κ2) is 12.7. The Kier molecular flexibility index (Phi) is 9.84. The lowest BCUT2D eigenvalue weighted by Crippen LogP contribution is -2.48. The zero-order chi connectivity index (χ0) is 31.7. The van der Waals surface area contributed by atoms with Gasteiger partial charge in [0.2, 0.25) is 5.82 Å². The molecule has 0 radical (unpaired) electrons. The van der Waals surface area contributed by atoms with E-state index in [1.54, 1.807) is 12.1 Å². The van der Waals surface area contributed by atoms with Crippen molar-refractivity contribution in [2.75, 3.05) is 13.2 Å². The lowest BCUT2D eigenvalue weighted by molar-refractivity contribution is 0.223. The summed E-state index contributed by atoms with van der Waals surface area (Å²) in [6.07, 6.45) is 1.63. The van der Waals surface area contributed by atoms with Gasteiger partial charge in [-0.15, -0.1) is 4.31 Å². The van der Waals surface area contributed by atoms with Crippen LogP contribution in [-0.4, -0.2) is 51.3 Å². The molecule has 0 fully saturated rings. The third kappa shape index (κ3) is 7.35. The van der Waals surface area contributed by atoms with Crippen LogP contribution >= 0.6 is 0 Å². The fraction of sp³-hybridized carbons (Fsp3) is 0.545. The molecule has 232 valence electrons. The Bertz CT molecular complexity index is 1470. The van der Waals surface area contributed by atoms with Crippen LogP contribution in [-0.2, 0) is 22.2 Å². The first-order chi connectivity index (χ1) is 20.0. The number of fused-ring (bicyclic) bond motifs is 1. The van der Waals surface area contributed by atoms with Gasteiger partial charge in [0.15, 0.2) is 8.32 Å². The molecule has 4 rings (SSSR count). The molecule has 1 heterocycles. The van der Waals surface area contributed by atoms with Crippen molar-refractivity contribution in [1.82, 2.24) is 14.4 Å². The third-order valence-corrected chi connectivity index (χ3v) is 14.7. The van der Waals surface area contributed by atoms with E-state index in [1.165, 1.54) is 0 Å². The van der Waals surface area contributed by atoms with Crippen molar-refractivity contribution in [2.45, 2.75) is 103 Å². The van der Waals surface area contributed by atoms with Gasteiger partial charge in [-0.25, -0.2) is 0 Å². The van der Waals surface area contributed by atoms with E-state index in [9.17, 15) is 9.81 Å². The van der Waals surface area contributed by atoms with Crippen LogP contribution in [0.5, 0.6) is 5.75 Å². The van der Waals surface area contributed by atoms with E-state index in [-0.39, 0.29) is 17.2 Å². The second-order valence-electron chi connectivity index (χ2n) is 14.0. The highest BCUT2D eigenvalue weighted by molar-refractivity contribution is 7.90. The fourth-order valence-corrected chi connectivity index (χ4v) is 7.44.